The maximum Gasteiger partial charge on any atom is 0.419 e. The summed E-state index contributed by atoms with van der Waals surface area (Å²) >= 11 is 0. The lowest BCUT2D eigenvalue weighted by molar-refractivity contribution is -0.137. The van der Waals surface area contributed by atoms with Crippen molar-refractivity contribution in [2.45, 2.75) is 44.1 Å². The van der Waals surface area contributed by atoms with Gasteiger partial charge in [0.05, 0.1) is 11.1 Å². The summed E-state index contributed by atoms with van der Waals surface area (Å²) in [7, 11) is 0. The average molecular weight is 422 g/mol. The Morgan fingerprint density at radius 2 is 1.93 bits per heavy atom. The van der Waals surface area contributed by atoms with Gasteiger partial charge in [-0.25, -0.2) is 18.9 Å². The second-order valence-electron chi connectivity index (χ2n) is 7.56. The number of hydrogen-bond donors (Lipinski definition) is 1. The highest BCUT2D eigenvalue weighted by molar-refractivity contribution is 5.94. The van der Waals surface area contributed by atoms with E-state index in [9.17, 15) is 27.2 Å². The number of imide groups is 1. The highest BCUT2D eigenvalue weighted by Crippen LogP contribution is 2.57. The van der Waals surface area contributed by atoms with Crippen molar-refractivity contribution in [2.75, 3.05) is 0 Å². The van der Waals surface area contributed by atoms with Gasteiger partial charge in [-0.05, 0) is 54.7 Å². The largest absolute Gasteiger partial charge is 0.438 e. The fraction of sp³-hybridized carbons (Fsp3) is 0.333. The van der Waals surface area contributed by atoms with E-state index in [-0.39, 0.29) is 12.1 Å². The Kier molecular flexibility index (Phi) is 4.71. The molecular weight excluding hydrogens is 404 g/mol. The molecule has 30 heavy (non-hydrogen) atoms. The number of nitrogens with one attached hydrogen (secondary N) is 1. The van der Waals surface area contributed by atoms with Gasteiger partial charge in [-0.1, -0.05) is 24.3 Å². The number of nitrogens with zero attached hydrogens (tertiary/aromatic N) is 1. The van der Waals surface area contributed by atoms with Crippen LogP contribution in [0.5, 0.6) is 0 Å². The van der Waals surface area contributed by atoms with Crippen molar-refractivity contribution in [2.24, 2.45) is 0 Å². The predicted molar refractivity (Wildman–Crippen MR) is 97.8 cm³/mol. The van der Waals surface area contributed by atoms with Crippen molar-refractivity contribution in [3.05, 3.63) is 70.5 Å². The van der Waals surface area contributed by atoms with Crippen LogP contribution >= 0.6 is 0 Å². The molecule has 0 aromatic heterocycles. The number of hydrogen-bond acceptors (Lipinski definition) is 3. The number of rotatable bonds is 3. The number of ether oxygens (including phenoxy) is 1. The zero-order chi connectivity index (χ0) is 21.7. The number of carbonyl (C=O) groups excluding carboxylic acids is 2. The monoisotopic (exact) mass is 422 g/mol. The third-order valence-corrected chi connectivity index (χ3v) is 5.54. The van der Waals surface area contributed by atoms with E-state index < -0.39 is 41.3 Å². The van der Waals surface area contributed by atoms with Crippen LogP contribution < -0.4 is 5.32 Å². The van der Waals surface area contributed by atoms with E-state index >= 15 is 0 Å². The van der Waals surface area contributed by atoms with Crippen LogP contribution in [0, 0.1) is 12.7 Å². The van der Waals surface area contributed by atoms with E-state index in [4.69, 9.17) is 4.74 Å². The number of benzene rings is 2. The molecule has 5 nitrogen and oxygen atoms in total. The lowest BCUT2D eigenvalue weighted by Gasteiger charge is -2.23. The second kappa shape index (κ2) is 7.00. The summed E-state index contributed by atoms with van der Waals surface area (Å²) < 4.78 is 58.3. The molecule has 1 N–H and O–H groups in total. The first-order valence-electron chi connectivity index (χ1n) is 9.33. The molecule has 1 spiro atoms. The molecule has 2 aromatic carbocycles. The lowest BCUT2D eigenvalue weighted by atomic mass is 9.98. The summed E-state index contributed by atoms with van der Waals surface area (Å²) in [5.74, 6) is -1.09. The molecule has 0 radical (unpaired) electrons. The third kappa shape index (κ3) is 3.48. The summed E-state index contributed by atoms with van der Waals surface area (Å²) in [6, 6.07) is 8.74. The van der Waals surface area contributed by atoms with E-state index in [1.807, 2.05) is 31.2 Å². The van der Waals surface area contributed by atoms with Gasteiger partial charge >= 0.3 is 18.3 Å². The van der Waals surface area contributed by atoms with Crippen LogP contribution in [0.3, 0.4) is 0 Å². The van der Waals surface area contributed by atoms with Crippen LogP contribution in [0.25, 0.3) is 0 Å². The minimum Gasteiger partial charge on any atom is -0.438 e. The Morgan fingerprint density at radius 3 is 2.57 bits per heavy atom. The molecule has 1 saturated heterocycles. The molecule has 1 heterocycles. The Labute approximate surface area is 169 Å². The molecular formula is C21H18F4N2O3. The third-order valence-electron chi connectivity index (χ3n) is 5.54. The van der Waals surface area contributed by atoms with Gasteiger partial charge in [0.1, 0.15) is 5.82 Å². The molecule has 158 valence electrons. The maximum absolute atomic E-state index is 13.8. The van der Waals surface area contributed by atoms with E-state index in [0.717, 1.165) is 28.2 Å². The van der Waals surface area contributed by atoms with Crippen molar-refractivity contribution in [3.63, 3.8) is 0 Å². The SMILES string of the molecule is Cc1ccccc1CNC(=O)N1C(=O)O[C@H](c2cc(F)cc(C(F)(F)F)c2)C12CC2. The highest BCUT2D eigenvalue weighted by Gasteiger charge is 2.66. The van der Waals surface area contributed by atoms with Crippen molar-refractivity contribution < 1.29 is 31.9 Å². The minimum absolute atomic E-state index is 0.123. The Morgan fingerprint density at radius 1 is 1.23 bits per heavy atom. The quantitative estimate of drug-likeness (QED) is 0.701. The van der Waals surface area contributed by atoms with Crippen LogP contribution in [0.1, 0.15) is 41.2 Å². The predicted octanol–water partition coefficient (Wildman–Crippen LogP) is 5.09. The van der Waals surface area contributed by atoms with Crippen molar-refractivity contribution in [1.29, 1.82) is 0 Å². The van der Waals surface area contributed by atoms with Gasteiger partial charge < -0.3 is 10.1 Å². The number of amides is 3. The van der Waals surface area contributed by atoms with E-state index in [1.165, 1.54) is 0 Å². The molecule has 0 bridgehead atoms. The van der Waals surface area contributed by atoms with Crippen molar-refractivity contribution in [3.8, 4) is 0 Å². The van der Waals surface area contributed by atoms with Crippen LogP contribution in [0.15, 0.2) is 42.5 Å². The fourth-order valence-electron chi connectivity index (χ4n) is 3.83. The number of halogens is 4. The van der Waals surface area contributed by atoms with Crippen molar-refractivity contribution >= 4 is 12.1 Å². The van der Waals surface area contributed by atoms with Crippen LogP contribution in [0.4, 0.5) is 27.2 Å². The second-order valence-corrected chi connectivity index (χ2v) is 7.56. The fourth-order valence-corrected chi connectivity index (χ4v) is 3.83. The Balaban J connectivity index is 1.57. The Hall–Kier alpha value is -3.10. The van der Waals surface area contributed by atoms with Gasteiger partial charge in [-0.3, -0.25) is 0 Å². The van der Waals surface area contributed by atoms with Gasteiger partial charge in [0.15, 0.2) is 6.10 Å². The van der Waals surface area contributed by atoms with Gasteiger partial charge in [-0.15, -0.1) is 0 Å². The molecule has 1 aliphatic heterocycles. The van der Waals surface area contributed by atoms with E-state index in [0.29, 0.717) is 18.9 Å². The van der Waals surface area contributed by atoms with E-state index in [2.05, 4.69) is 5.32 Å². The topological polar surface area (TPSA) is 58.6 Å². The van der Waals surface area contributed by atoms with Gasteiger partial charge in [0.25, 0.3) is 0 Å². The standard InChI is InChI=1S/C21H18F4N2O3/c1-12-4-2-3-5-13(12)11-26-18(28)27-19(29)30-17(20(27)6-7-20)14-8-15(21(23,24)25)10-16(22)9-14/h2-5,8-10,17H,6-7,11H2,1H3,(H,26,28)/t17-/m1/s1. The lowest BCUT2D eigenvalue weighted by Crippen LogP contribution is -2.47. The number of cyclic esters (lactones) is 1. The number of alkyl halides is 3. The number of carbonyl (C=O) groups is 2. The molecule has 1 atom stereocenters. The van der Waals surface area contributed by atoms with Crippen LogP contribution in [-0.4, -0.2) is 22.6 Å². The van der Waals surface area contributed by atoms with Crippen LogP contribution in [0.2, 0.25) is 0 Å². The molecule has 2 aromatic rings. The Bertz CT molecular complexity index is 1020. The van der Waals surface area contributed by atoms with Crippen molar-refractivity contribution in [1.82, 2.24) is 10.2 Å². The molecule has 2 aliphatic rings. The molecule has 1 saturated carbocycles. The zero-order valence-electron chi connectivity index (χ0n) is 15.9. The first kappa shape index (κ1) is 20.2. The molecule has 1 aliphatic carbocycles. The summed E-state index contributed by atoms with van der Waals surface area (Å²) in [5.41, 5.74) is -0.585. The molecule has 9 heteroatoms. The maximum atomic E-state index is 13.8. The summed E-state index contributed by atoms with van der Waals surface area (Å²) in [5, 5.41) is 2.66. The van der Waals surface area contributed by atoms with Gasteiger partial charge in [-0.2, -0.15) is 13.2 Å². The molecule has 3 amide bonds. The first-order valence-corrected chi connectivity index (χ1v) is 9.33. The van der Waals surface area contributed by atoms with Gasteiger partial charge in [0, 0.05) is 6.54 Å². The molecule has 4 rings (SSSR count). The van der Waals surface area contributed by atoms with Gasteiger partial charge in [0.2, 0.25) is 0 Å². The van der Waals surface area contributed by atoms with E-state index in [1.54, 1.807) is 0 Å². The average Bonchev–Trinajstić information content (AvgIpc) is 3.39. The number of aryl methyl sites for hydroxylation is 1. The smallest absolute Gasteiger partial charge is 0.419 e. The molecule has 0 unspecified atom stereocenters. The first-order chi connectivity index (χ1) is 14.1. The molecule has 2 fully saturated rings. The summed E-state index contributed by atoms with van der Waals surface area (Å²) in [6.07, 6.45) is -6.15. The number of urea groups is 1. The summed E-state index contributed by atoms with van der Waals surface area (Å²) in [4.78, 5) is 26.1. The van der Waals surface area contributed by atoms with Crippen LogP contribution in [-0.2, 0) is 17.5 Å². The zero-order valence-corrected chi connectivity index (χ0v) is 15.9. The highest BCUT2D eigenvalue weighted by atomic mass is 19.4. The minimum atomic E-state index is -4.75. The normalized spacial score (nSPS) is 19.7. The summed E-state index contributed by atoms with van der Waals surface area (Å²) in [6.45, 7) is 2.06.